The SMILES string of the molecule is CCC(O)(C(=O)N1CCC[C@H]1C(=O)Nc1ccc(C#Cc2ccc(NC(=O)[C@@H]3CCCN3C(=O)C(O)(CC)c3ccccc3)cc2)cc1)c1ccccc1. The number of carbonyl (C=O) groups is 4. The largest absolute Gasteiger partial charge is 0.375 e. The lowest BCUT2D eigenvalue weighted by Gasteiger charge is -2.33. The number of aliphatic hydroxyl groups is 2. The van der Waals surface area contributed by atoms with Crippen LogP contribution < -0.4 is 10.6 Å². The second-order valence-corrected chi connectivity index (χ2v) is 13.9. The third-order valence-corrected chi connectivity index (χ3v) is 10.5. The van der Waals surface area contributed by atoms with Crippen LogP contribution in [0.5, 0.6) is 0 Å². The van der Waals surface area contributed by atoms with Crippen LogP contribution in [0.4, 0.5) is 11.4 Å². The van der Waals surface area contributed by atoms with Gasteiger partial charge >= 0.3 is 0 Å². The molecule has 2 aliphatic heterocycles. The highest BCUT2D eigenvalue weighted by molar-refractivity contribution is 6.00. The minimum atomic E-state index is -1.70. The number of benzene rings is 4. The molecule has 2 heterocycles. The Bertz CT molecular complexity index is 1880. The van der Waals surface area contributed by atoms with Gasteiger partial charge in [0.25, 0.3) is 11.8 Å². The maximum absolute atomic E-state index is 13.6. The predicted octanol–water partition coefficient (Wildman–Crippen LogP) is 5.54. The molecule has 0 saturated carbocycles. The van der Waals surface area contributed by atoms with Gasteiger partial charge in [-0.15, -0.1) is 0 Å². The topological polar surface area (TPSA) is 139 Å². The molecule has 0 radical (unpaired) electrons. The van der Waals surface area contributed by atoms with Gasteiger partial charge < -0.3 is 30.6 Å². The van der Waals surface area contributed by atoms with E-state index in [0.717, 1.165) is 11.1 Å². The monoisotopic (exact) mass is 726 g/mol. The lowest BCUT2D eigenvalue weighted by molar-refractivity contribution is -0.155. The van der Waals surface area contributed by atoms with Crippen molar-refractivity contribution in [2.24, 2.45) is 0 Å². The van der Waals surface area contributed by atoms with E-state index in [1.807, 2.05) is 12.1 Å². The molecule has 2 unspecified atom stereocenters. The summed E-state index contributed by atoms with van der Waals surface area (Å²) in [6.45, 7) is 4.31. The van der Waals surface area contributed by atoms with Gasteiger partial charge in [0.2, 0.25) is 11.8 Å². The molecular formula is C44H46N4O6. The van der Waals surface area contributed by atoms with Crippen molar-refractivity contribution in [2.75, 3.05) is 23.7 Å². The number of likely N-dealkylation sites (tertiary alicyclic amines) is 2. The summed E-state index contributed by atoms with van der Waals surface area (Å²) >= 11 is 0. The summed E-state index contributed by atoms with van der Waals surface area (Å²) in [5, 5.41) is 28.6. The Balaban J connectivity index is 1.04. The highest BCUT2D eigenvalue weighted by atomic mass is 16.3. The lowest BCUT2D eigenvalue weighted by Crippen LogP contribution is -2.51. The summed E-state index contributed by atoms with van der Waals surface area (Å²) in [4.78, 5) is 56.8. The first kappa shape index (κ1) is 38.0. The zero-order chi connectivity index (χ0) is 38.3. The molecule has 0 aliphatic carbocycles. The first-order chi connectivity index (χ1) is 26.1. The third kappa shape index (κ3) is 7.93. The smallest absolute Gasteiger partial charge is 0.259 e. The fourth-order valence-corrected chi connectivity index (χ4v) is 7.29. The number of nitrogens with one attached hydrogen (secondary N) is 2. The molecule has 0 spiro atoms. The molecule has 0 aromatic heterocycles. The standard InChI is InChI=1S/C44H46N4O6/c1-3-43(53,33-13-7-5-8-14-33)41(51)47-29-11-17-37(47)39(49)45-35-25-21-31(22-26-35)19-20-32-23-27-36(28-24-32)46-40(50)38-18-12-30-48(38)42(52)44(54,4-2)34-15-9-6-10-16-34/h5-10,13-16,21-28,37-38,53-54H,3-4,11-12,17-18,29-30H2,1-2H3,(H,45,49)(H,46,50)/t37-,38-,43?,44?/m0/s1. The fraction of sp³-hybridized carbons (Fsp3) is 0.318. The zero-order valence-electron chi connectivity index (χ0n) is 30.6. The zero-order valence-corrected chi connectivity index (χ0v) is 30.6. The van der Waals surface area contributed by atoms with Crippen molar-refractivity contribution in [1.82, 2.24) is 9.80 Å². The third-order valence-electron chi connectivity index (χ3n) is 10.5. The predicted molar refractivity (Wildman–Crippen MR) is 207 cm³/mol. The van der Waals surface area contributed by atoms with Crippen molar-refractivity contribution in [3.8, 4) is 11.8 Å². The van der Waals surface area contributed by atoms with Gasteiger partial charge in [0, 0.05) is 35.6 Å². The number of hydrogen-bond donors (Lipinski definition) is 4. The van der Waals surface area contributed by atoms with Crippen molar-refractivity contribution in [3.05, 3.63) is 131 Å². The number of amides is 4. The molecule has 4 atom stereocenters. The van der Waals surface area contributed by atoms with Gasteiger partial charge in [-0.25, -0.2) is 0 Å². The van der Waals surface area contributed by atoms with E-state index < -0.39 is 35.1 Å². The number of nitrogens with zero attached hydrogens (tertiary/aromatic N) is 2. The molecule has 0 bridgehead atoms. The molecule has 4 amide bonds. The number of anilines is 2. The Morgan fingerprint density at radius 3 is 1.28 bits per heavy atom. The Labute approximate surface area is 316 Å². The fourth-order valence-electron chi connectivity index (χ4n) is 7.29. The van der Waals surface area contributed by atoms with Gasteiger partial charge in [0.05, 0.1) is 0 Å². The Hall–Kier alpha value is -5.76. The number of carbonyl (C=O) groups excluding carboxylic acids is 4. The van der Waals surface area contributed by atoms with Gasteiger partial charge in [0.15, 0.2) is 11.2 Å². The lowest BCUT2D eigenvalue weighted by atomic mass is 9.89. The highest BCUT2D eigenvalue weighted by Crippen LogP contribution is 2.33. The summed E-state index contributed by atoms with van der Waals surface area (Å²) in [5.41, 5.74) is 0.208. The quantitative estimate of drug-likeness (QED) is 0.158. The minimum Gasteiger partial charge on any atom is -0.375 e. The van der Waals surface area contributed by atoms with E-state index in [2.05, 4.69) is 22.5 Å². The van der Waals surface area contributed by atoms with Gasteiger partial charge in [0.1, 0.15) is 12.1 Å². The summed E-state index contributed by atoms with van der Waals surface area (Å²) in [7, 11) is 0. The van der Waals surface area contributed by atoms with Crippen LogP contribution in [0.3, 0.4) is 0 Å². The maximum Gasteiger partial charge on any atom is 0.259 e. The number of hydrogen-bond acceptors (Lipinski definition) is 6. The summed E-state index contributed by atoms with van der Waals surface area (Å²) in [6.07, 6.45) is 2.73. The molecule has 278 valence electrons. The Kier molecular flexibility index (Phi) is 11.6. The van der Waals surface area contributed by atoms with E-state index in [0.29, 0.717) is 61.3 Å². The molecule has 2 aliphatic rings. The molecule has 54 heavy (non-hydrogen) atoms. The van der Waals surface area contributed by atoms with Crippen LogP contribution in [-0.2, 0) is 30.4 Å². The average molecular weight is 727 g/mol. The minimum absolute atomic E-state index is 0.189. The van der Waals surface area contributed by atoms with Crippen LogP contribution in [0.2, 0.25) is 0 Å². The molecule has 10 nitrogen and oxygen atoms in total. The van der Waals surface area contributed by atoms with Crippen molar-refractivity contribution in [2.45, 2.75) is 75.7 Å². The Morgan fingerprint density at radius 2 is 0.944 bits per heavy atom. The van der Waals surface area contributed by atoms with E-state index in [4.69, 9.17) is 0 Å². The van der Waals surface area contributed by atoms with Crippen LogP contribution in [0, 0.1) is 11.8 Å². The van der Waals surface area contributed by atoms with Gasteiger partial charge in [-0.3, -0.25) is 19.2 Å². The van der Waals surface area contributed by atoms with E-state index >= 15 is 0 Å². The molecule has 10 heteroatoms. The molecular weight excluding hydrogens is 681 g/mol. The van der Waals surface area contributed by atoms with Crippen LogP contribution >= 0.6 is 0 Å². The molecule has 4 N–H and O–H groups in total. The molecule has 4 aromatic carbocycles. The normalized spacial score (nSPS) is 18.8. The van der Waals surface area contributed by atoms with E-state index in [1.54, 1.807) is 111 Å². The van der Waals surface area contributed by atoms with Gasteiger partial charge in [-0.05, 0) is 98.2 Å². The van der Waals surface area contributed by atoms with Crippen molar-refractivity contribution in [1.29, 1.82) is 0 Å². The first-order valence-corrected chi connectivity index (χ1v) is 18.6. The molecule has 2 fully saturated rings. The van der Waals surface area contributed by atoms with Crippen molar-refractivity contribution in [3.63, 3.8) is 0 Å². The first-order valence-electron chi connectivity index (χ1n) is 18.6. The van der Waals surface area contributed by atoms with E-state index in [-0.39, 0.29) is 24.7 Å². The van der Waals surface area contributed by atoms with Gasteiger partial charge in [-0.1, -0.05) is 86.4 Å². The molecule has 4 aromatic rings. The Morgan fingerprint density at radius 1 is 0.593 bits per heavy atom. The second kappa shape index (κ2) is 16.5. The van der Waals surface area contributed by atoms with Crippen LogP contribution in [0.15, 0.2) is 109 Å². The van der Waals surface area contributed by atoms with Crippen molar-refractivity contribution >= 4 is 35.0 Å². The highest BCUT2D eigenvalue weighted by Gasteiger charge is 2.46. The summed E-state index contributed by atoms with van der Waals surface area (Å²) in [5.74, 6) is 4.69. The molecule has 2 saturated heterocycles. The maximum atomic E-state index is 13.6. The molecule has 6 rings (SSSR count). The van der Waals surface area contributed by atoms with Crippen LogP contribution in [0.25, 0.3) is 0 Å². The number of rotatable bonds is 10. The second-order valence-electron chi connectivity index (χ2n) is 13.9. The average Bonchev–Trinajstić information content (AvgIpc) is 3.92. The van der Waals surface area contributed by atoms with Crippen LogP contribution in [-0.4, -0.2) is 68.8 Å². The summed E-state index contributed by atoms with van der Waals surface area (Å²) < 4.78 is 0. The van der Waals surface area contributed by atoms with E-state index in [1.165, 1.54) is 9.80 Å². The van der Waals surface area contributed by atoms with E-state index in [9.17, 15) is 29.4 Å². The van der Waals surface area contributed by atoms with Gasteiger partial charge in [-0.2, -0.15) is 0 Å². The summed E-state index contributed by atoms with van der Waals surface area (Å²) in [6, 6.07) is 30.5. The van der Waals surface area contributed by atoms with Crippen molar-refractivity contribution < 1.29 is 29.4 Å². The van der Waals surface area contributed by atoms with Crippen LogP contribution in [0.1, 0.15) is 74.6 Å².